The van der Waals surface area contributed by atoms with Gasteiger partial charge in [0.1, 0.15) is 11.5 Å². The summed E-state index contributed by atoms with van der Waals surface area (Å²) in [4.78, 5) is 11.2. The van der Waals surface area contributed by atoms with Gasteiger partial charge in [0.15, 0.2) is 5.82 Å². The standard InChI is InChI=1S/C9H9N5O2/c1-5-2-3-6(16-5)4-7(8(10)15)9-11-13-14-12-9/h2-4H,1H3,(H2,10,15)(H,11,12,13,14). The zero-order valence-electron chi connectivity index (χ0n) is 8.47. The van der Waals surface area contributed by atoms with Gasteiger partial charge in [-0.2, -0.15) is 0 Å². The van der Waals surface area contributed by atoms with E-state index < -0.39 is 5.91 Å². The number of nitrogens with one attached hydrogen (secondary N) is 1. The molecule has 3 N–H and O–H groups in total. The molecule has 2 aromatic heterocycles. The highest BCUT2D eigenvalue weighted by Gasteiger charge is 2.13. The van der Waals surface area contributed by atoms with Crippen molar-refractivity contribution in [2.45, 2.75) is 6.92 Å². The van der Waals surface area contributed by atoms with E-state index in [1.165, 1.54) is 6.08 Å². The third kappa shape index (κ3) is 1.97. The summed E-state index contributed by atoms with van der Waals surface area (Å²) in [5.74, 6) is 0.836. The number of carbonyl (C=O) groups is 1. The second kappa shape index (κ2) is 3.97. The van der Waals surface area contributed by atoms with Crippen molar-refractivity contribution in [1.29, 1.82) is 0 Å². The minimum Gasteiger partial charge on any atom is -0.462 e. The normalized spacial score (nSPS) is 11.7. The van der Waals surface area contributed by atoms with Crippen LogP contribution in [0, 0.1) is 6.92 Å². The molecule has 0 aromatic carbocycles. The molecule has 0 saturated heterocycles. The number of primary amides is 1. The number of aromatic nitrogens is 4. The highest BCUT2D eigenvalue weighted by atomic mass is 16.3. The van der Waals surface area contributed by atoms with Crippen LogP contribution in [-0.4, -0.2) is 26.5 Å². The number of furan rings is 1. The van der Waals surface area contributed by atoms with Crippen molar-refractivity contribution in [2.75, 3.05) is 0 Å². The average molecular weight is 219 g/mol. The Bertz CT molecular complexity index is 526. The summed E-state index contributed by atoms with van der Waals surface area (Å²) >= 11 is 0. The molecule has 0 atom stereocenters. The van der Waals surface area contributed by atoms with Crippen molar-refractivity contribution >= 4 is 17.6 Å². The van der Waals surface area contributed by atoms with Gasteiger partial charge in [-0.1, -0.05) is 0 Å². The van der Waals surface area contributed by atoms with Crippen molar-refractivity contribution in [3.05, 3.63) is 29.5 Å². The minimum absolute atomic E-state index is 0.166. The molecule has 82 valence electrons. The van der Waals surface area contributed by atoms with Crippen LogP contribution in [0.3, 0.4) is 0 Å². The smallest absolute Gasteiger partial charge is 0.252 e. The molecular weight excluding hydrogens is 210 g/mol. The average Bonchev–Trinajstić information content (AvgIpc) is 2.84. The second-order valence-corrected chi connectivity index (χ2v) is 3.12. The first kappa shape index (κ1) is 10.1. The quantitative estimate of drug-likeness (QED) is 0.712. The highest BCUT2D eigenvalue weighted by Crippen LogP contribution is 2.15. The first-order chi connectivity index (χ1) is 7.66. The van der Waals surface area contributed by atoms with E-state index in [9.17, 15) is 4.79 Å². The molecule has 2 heterocycles. The van der Waals surface area contributed by atoms with E-state index in [-0.39, 0.29) is 11.4 Å². The Morgan fingerprint density at radius 1 is 1.56 bits per heavy atom. The lowest BCUT2D eigenvalue weighted by atomic mass is 10.2. The van der Waals surface area contributed by atoms with Gasteiger partial charge in [0.05, 0.1) is 5.57 Å². The molecule has 2 rings (SSSR count). The van der Waals surface area contributed by atoms with Crippen molar-refractivity contribution in [3.63, 3.8) is 0 Å². The third-order valence-corrected chi connectivity index (χ3v) is 1.91. The molecule has 0 radical (unpaired) electrons. The van der Waals surface area contributed by atoms with Crippen molar-refractivity contribution in [3.8, 4) is 0 Å². The number of nitrogens with two attached hydrogens (primary N) is 1. The lowest BCUT2D eigenvalue weighted by molar-refractivity contribution is -0.112. The predicted molar refractivity (Wildman–Crippen MR) is 54.7 cm³/mol. The van der Waals surface area contributed by atoms with Gasteiger partial charge < -0.3 is 10.2 Å². The lowest BCUT2D eigenvalue weighted by Gasteiger charge is -1.95. The molecule has 0 fully saturated rings. The van der Waals surface area contributed by atoms with Crippen LogP contribution >= 0.6 is 0 Å². The fourth-order valence-electron chi connectivity index (χ4n) is 1.20. The number of amides is 1. The van der Waals surface area contributed by atoms with Crippen LogP contribution in [0.15, 0.2) is 16.5 Å². The number of aryl methyl sites for hydroxylation is 1. The predicted octanol–water partition coefficient (Wildman–Crippen LogP) is 0.127. The van der Waals surface area contributed by atoms with Gasteiger partial charge >= 0.3 is 0 Å². The molecule has 0 bridgehead atoms. The van der Waals surface area contributed by atoms with E-state index in [2.05, 4.69) is 20.6 Å². The molecule has 2 aromatic rings. The van der Waals surface area contributed by atoms with Crippen LogP contribution in [0.5, 0.6) is 0 Å². The molecule has 0 aliphatic rings. The van der Waals surface area contributed by atoms with Crippen LogP contribution < -0.4 is 5.73 Å². The zero-order chi connectivity index (χ0) is 11.5. The molecule has 16 heavy (non-hydrogen) atoms. The number of H-pyrrole nitrogens is 1. The van der Waals surface area contributed by atoms with Crippen molar-refractivity contribution in [2.24, 2.45) is 5.73 Å². The Balaban J connectivity index is 2.41. The summed E-state index contributed by atoms with van der Waals surface area (Å²) in [5, 5.41) is 12.8. The van der Waals surface area contributed by atoms with Crippen LogP contribution in [0.25, 0.3) is 11.6 Å². The van der Waals surface area contributed by atoms with Gasteiger partial charge in [-0.3, -0.25) is 4.79 Å². The van der Waals surface area contributed by atoms with Gasteiger partial charge in [-0.05, 0) is 35.6 Å². The van der Waals surface area contributed by atoms with E-state index in [0.717, 1.165) is 5.76 Å². The second-order valence-electron chi connectivity index (χ2n) is 3.12. The maximum Gasteiger partial charge on any atom is 0.252 e. The first-order valence-electron chi connectivity index (χ1n) is 4.49. The Morgan fingerprint density at radius 2 is 2.38 bits per heavy atom. The van der Waals surface area contributed by atoms with Gasteiger partial charge in [-0.15, -0.1) is 5.10 Å². The number of rotatable bonds is 3. The molecule has 1 amide bonds. The van der Waals surface area contributed by atoms with E-state index >= 15 is 0 Å². The van der Waals surface area contributed by atoms with Crippen LogP contribution in [0.4, 0.5) is 0 Å². The molecule has 0 aliphatic carbocycles. The van der Waals surface area contributed by atoms with E-state index in [4.69, 9.17) is 10.2 Å². The molecular formula is C9H9N5O2. The molecule has 0 aliphatic heterocycles. The third-order valence-electron chi connectivity index (χ3n) is 1.91. The van der Waals surface area contributed by atoms with E-state index in [1.54, 1.807) is 19.1 Å². The van der Waals surface area contributed by atoms with E-state index in [1.807, 2.05) is 0 Å². The van der Waals surface area contributed by atoms with Crippen molar-refractivity contribution in [1.82, 2.24) is 20.6 Å². The summed E-state index contributed by atoms with van der Waals surface area (Å²) in [5.41, 5.74) is 5.38. The Hall–Kier alpha value is -2.44. The van der Waals surface area contributed by atoms with Gasteiger partial charge in [0, 0.05) is 0 Å². The summed E-state index contributed by atoms with van der Waals surface area (Å²) in [6, 6.07) is 3.51. The minimum atomic E-state index is -0.632. The maximum atomic E-state index is 11.2. The van der Waals surface area contributed by atoms with Gasteiger partial charge in [0.2, 0.25) is 0 Å². The number of aromatic amines is 1. The van der Waals surface area contributed by atoms with Crippen molar-refractivity contribution < 1.29 is 9.21 Å². The zero-order valence-corrected chi connectivity index (χ0v) is 8.47. The Labute approximate surface area is 90.3 Å². The fraction of sp³-hybridized carbons (Fsp3) is 0.111. The molecule has 7 heteroatoms. The van der Waals surface area contributed by atoms with Gasteiger partial charge in [0.25, 0.3) is 5.91 Å². The molecule has 0 saturated carbocycles. The summed E-state index contributed by atoms with van der Waals surface area (Å²) < 4.78 is 5.30. The number of carbonyl (C=O) groups excluding carboxylic acids is 1. The monoisotopic (exact) mass is 219 g/mol. The lowest BCUT2D eigenvalue weighted by Crippen LogP contribution is -2.13. The topological polar surface area (TPSA) is 111 Å². The number of hydrogen-bond donors (Lipinski definition) is 2. The molecule has 7 nitrogen and oxygen atoms in total. The number of tetrazole rings is 1. The van der Waals surface area contributed by atoms with Crippen LogP contribution in [0.1, 0.15) is 17.3 Å². The molecule has 0 unspecified atom stereocenters. The summed E-state index contributed by atoms with van der Waals surface area (Å²) in [7, 11) is 0. The Kier molecular flexibility index (Phi) is 2.50. The summed E-state index contributed by atoms with van der Waals surface area (Å²) in [6.07, 6.45) is 1.48. The van der Waals surface area contributed by atoms with Crippen LogP contribution in [-0.2, 0) is 4.79 Å². The van der Waals surface area contributed by atoms with Crippen LogP contribution in [0.2, 0.25) is 0 Å². The number of nitrogens with zero attached hydrogens (tertiary/aromatic N) is 3. The molecule has 0 spiro atoms. The fourth-order valence-corrected chi connectivity index (χ4v) is 1.20. The SMILES string of the molecule is Cc1ccc(C=C(C(N)=O)c2nnn[nH]2)o1. The largest absolute Gasteiger partial charge is 0.462 e. The highest BCUT2D eigenvalue weighted by molar-refractivity contribution is 6.22. The Morgan fingerprint density at radius 3 is 2.88 bits per heavy atom. The van der Waals surface area contributed by atoms with Gasteiger partial charge in [-0.25, -0.2) is 5.10 Å². The summed E-state index contributed by atoms with van der Waals surface area (Å²) in [6.45, 7) is 1.80. The number of hydrogen-bond acceptors (Lipinski definition) is 5. The van der Waals surface area contributed by atoms with E-state index in [0.29, 0.717) is 5.76 Å². The maximum absolute atomic E-state index is 11.2. The first-order valence-corrected chi connectivity index (χ1v) is 4.49.